The largest absolute Gasteiger partial charge is 0.299 e. The Balaban J connectivity index is 1.87. The number of rotatable bonds is 3. The van der Waals surface area contributed by atoms with E-state index >= 15 is 0 Å². The molecule has 2 aliphatic rings. The molecule has 2 rings (SSSR count). The zero-order valence-electron chi connectivity index (χ0n) is 7.97. The number of carbonyl (C=O) groups is 1. The molecule has 1 unspecified atom stereocenters. The monoisotopic (exact) mass is 244 g/mol. The molecule has 3 atom stereocenters. The zero-order valence-corrected chi connectivity index (χ0v) is 9.55. The Labute approximate surface area is 88.4 Å². The summed E-state index contributed by atoms with van der Waals surface area (Å²) in [5, 5.41) is 1.05. The van der Waals surface area contributed by atoms with Gasteiger partial charge in [0.2, 0.25) is 0 Å². The van der Waals surface area contributed by atoms with Crippen molar-refractivity contribution in [2.75, 3.05) is 5.33 Å². The van der Waals surface area contributed by atoms with Gasteiger partial charge in [0, 0.05) is 17.2 Å². The average molecular weight is 245 g/mol. The van der Waals surface area contributed by atoms with Gasteiger partial charge in [-0.1, -0.05) is 28.8 Å². The maximum atomic E-state index is 11.7. The highest BCUT2D eigenvalue weighted by Gasteiger charge is 2.48. The van der Waals surface area contributed by atoms with Crippen LogP contribution >= 0.6 is 15.9 Å². The van der Waals surface area contributed by atoms with Crippen molar-refractivity contribution in [2.45, 2.75) is 38.5 Å². The van der Waals surface area contributed by atoms with E-state index in [0.717, 1.165) is 17.7 Å². The van der Waals surface area contributed by atoms with Gasteiger partial charge in [-0.15, -0.1) is 0 Å². The van der Waals surface area contributed by atoms with Crippen LogP contribution in [0.5, 0.6) is 0 Å². The molecule has 0 saturated heterocycles. The highest BCUT2D eigenvalue weighted by Crippen LogP contribution is 2.48. The lowest BCUT2D eigenvalue weighted by molar-refractivity contribution is -0.146. The number of Topliss-reactive ketones (excluding diaryl/α,β-unsaturated/α-hetero) is 1. The summed E-state index contributed by atoms with van der Waals surface area (Å²) in [6.07, 6.45) is 7.46. The first-order valence-electron chi connectivity index (χ1n) is 5.44. The van der Waals surface area contributed by atoms with Crippen molar-refractivity contribution in [3.05, 3.63) is 0 Å². The number of halogens is 1. The molecule has 2 saturated carbocycles. The van der Waals surface area contributed by atoms with E-state index in [1.807, 2.05) is 0 Å². The Morgan fingerprint density at radius 2 is 2.08 bits per heavy atom. The molecule has 0 N–H and O–H groups in total. The Hall–Kier alpha value is 0.150. The Morgan fingerprint density at radius 3 is 2.85 bits per heavy atom. The minimum absolute atomic E-state index is 0.447. The quantitative estimate of drug-likeness (QED) is 0.698. The van der Waals surface area contributed by atoms with Crippen LogP contribution in [0.15, 0.2) is 0 Å². The van der Waals surface area contributed by atoms with E-state index in [1.54, 1.807) is 0 Å². The van der Waals surface area contributed by atoms with Crippen molar-refractivity contribution >= 4 is 21.7 Å². The van der Waals surface area contributed by atoms with E-state index in [0.29, 0.717) is 17.6 Å². The maximum absolute atomic E-state index is 11.7. The lowest BCUT2D eigenvalue weighted by Crippen LogP contribution is -2.49. The summed E-state index contributed by atoms with van der Waals surface area (Å²) >= 11 is 3.43. The second-order valence-electron chi connectivity index (χ2n) is 4.39. The molecule has 2 heteroatoms. The molecular formula is C11H17BrO. The summed E-state index contributed by atoms with van der Waals surface area (Å²) in [6, 6.07) is 0. The van der Waals surface area contributed by atoms with Crippen LogP contribution in [0.3, 0.4) is 0 Å². The molecular weight excluding hydrogens is 228 g/mol. The first kappa shape index (κ1) is 9.70. The lowest BCUT2D eigenvalue weighted by Gasteiger charge is -2.46. The van der Waals surface area contributed by atoms with Gasteiger partial charge in [0.15, 0.2) is 0 Å². The fourth-order valence-electron chi connectivity index (χ4n) is 3.02. The van der Waals surface area contributed by atoms with Crippen molar-refractivity contribution in [1.29, 1.82) is 0 Å². The third-order valence-electron chi connectivity index (χ3n) is 3.72. The summed E-state index contributed by atoms with van der Waals surface area (Å²) < 4.78 is 0. The van der Waals surface area contributed by atoms with Gasteiger partial charge in [0.1, 0.15) is 5.78 Å². The zero-order chi connectivity index (χ0) is 9.26. The van der Waals surface area contributed by atoms with Crippen molar-refractivity contribution in [2.24, 2.45) is 17.8 Å². The Kier molecular flexibility index (Phi) is 3.07. The number of carbonyl (C=O) groups excluding carboxylic acids is 1. The van der Waals surface area contributed by atoms with E-state index in [-0.39, 0.29) is 0 Å². The number of ketones is 1. The van der Waals surface area contributed by atoms with Crippen LogP contribution in [0.25, 0.3) is 0 Å². The van der Waals surface area contributed by atoms with Crippen LogP contribution < -0.4 is 0 Å². The van der Waals surface area contributed by atoms with Crippen LogP contribution in [0, 0.1) is 17.8 Å². The predicted molar refractivity (Wildman–Crippen MR) is 57.0 cm³/mol. The summed E-state index contributed by atoms with van der Waals surface area (Å²) in [6.45, 7) is 0. The van der Waals surface area contributed by atoms with Gasteiger partial charge in [-0.3, -0.25) is 4.79 Å². The predicted octanol–water partition coefficient (Wildman–Crippen LogP) is 3.17. The van der Waals surface area contributed by atoms with Crippen molar-refractivity contribution < 1.29 is 4.79 Å². The third kappa shape index (κ3) is 1.70. The molecule has 0 heterocycles. The fraction of sp³-hybridized carbons (Fsp3) is 0.909. The van der Waals surface area contributed by atoms with Gasteiger partial charge in [-0.2, -0.15) is 0 Å². The van der Waals surface area contributed by atoms with Gasteiger partial charge < -0.3 is 0 Å². The molecule has 0 radical (unpaired) electrons. The minimum Gasteiger partial charge on any atom is -0.299 e. The molecule has 0 bridgehead atoms. The van der Waals surface area contributed by atoms with E-state index < -0.39 is 0 Å². The highest BCUT2D eigenvalue weighted by molar-refractivity contribution is 9.09. The molecule has 0 aromatic heterocycles. The molecule has 0 spiro atoms. The first-order chi connectivity index (χ1) is 6.34. The molecule has 2 fully saturated rings. The molecule has 0 aromatic rings. The molecule has 13 heavy (non-hydrogen) atoms. The summed E-state index contributed by atoms with van der Waals surface area (Å²) in [5.74, 6) is 2.29. The summed E-state index contributed by atoms with van der Waals surface area (Å²) in [4.78, 5) is 11.7. The maximum Gasteiger partial charge on any atom is 0.139 e. The Bertz CT molecular complexity index is 202. The first-order valence-corrected chi connectivity index (χ1v) is 6.56. The number of fused-ring (bicyclic) bond motifs is 1. The highest BCUT2D eigenvalue weighted by atomic mass is 79.9. The molecule has 1 nitrogen and oxygen atoms in total. The fourth-order valence-corrected chi connectivity index (χ4v) is 3.34. The molecule has 0 aliphatic heterocycles. The summed E-state index contributed by atoms with van der Waals surface area (Å²) in [7, 11) is 0. The van der Waals surface area contributed by atoms with Gasteiger partial charge in [0.25, 0.3) is 0 Å². The van der Waals surface area contributed by atoms with Crippen LogP contribution in [-0.4, -0.2) is 11.1 Å². The average Bonchev–Trinajstić information content (AvgIpc) is 2.18. The summed E-state index contributed by atoms with van der Waals surface area (Å²) in [5.41, 5.74) is 0. The lowest BCUT2D eigenvalue weighted by atomic mass is 9.56. The van der Waals surface area contributed by atoms with E-state index in [9.17, 15) is 4.79 Å². The van der Waals surface area contributed by atoms with E-state index in [2.05, 4.69) is 15.9 Å². The van der Waals surface area contributed by atoms with Gasteiger partial charge in [-0.05, 0) is 31.6 Å². The van der Waals surface area contributed by atoms with Crippen molar-refractivity contribution in [3.63, 3.8) is 0 Å². The SMILES string of the molecule is O=C1C(CCCBr)[C@H]2CCCC[C@@H]12. The van der Waals surface area contributed by atoms with E-state index in [1.165, 1.54) is 32.1 Å². The van der Waals surface area contributed by atoms with Crippen molar-refractivity contribution in [1.82, 2.24) is 0 Å². The van der Waals surface area contributed by atoms with Crippen LogP contribution in [0.1, 0.15) is 38.5 Å². The number of alkyl halides is 1. The smallest absolute Gasteiger partial charge is 0.139 e. The van der Waals surface area contributed by atoms with Gasteiger partial charge in [0.05, 0.1) is 0 Å². The topological polar surface area (TPSA) is 17.1 Å². The second kappa shape index (κ2) is 4.12. The normalized spacial score (nSPS) is 38.2. The van der Waals surface area contributed by atoms with Crippen LogP contribution in [0.4, 0.5) is 0 Å². The number of hydrogen-bond donors (Lipinski definition) is 0. The van der Waals surface area contributed by atoms with E-state index in [4.69, 9.17) is 0 Å². The standard InChI is InChI=1S/C11H17BrO/c12-7-3-6-10-8-4-1-2-5-9(8)11(10)13/h8-10H,1-7H2/t8-,9+,10?/m0/s1. The molecule has 0 aromatic carbocycles. The molecule has 0 amide bonds. The second-order valence-corrected chi connectivity index (χ2v) is 5.19. The van der Waals surface area contributed by atoms with Gasteiger partial charge in [-0.25, -0.2) is 0 Å². The minimum atomic E-state index is 0.447. The number of hydrogen-bond acceptors (Lipinski definition) is 1. The molecule has 2 aliphatic carbocycles. The van der Waals surface area contributed by atoms with Gasteiger partial charge >= 0.3 is 0 Å². The van der Waals surface area contributed by atoms with Crippen molar-refractivity contribution in [3.8, 4) is 0 Å². The van der Waals surface area contributed by atoms with Crippen LogP contribution in [-0.2, 0) is 4.79 Å². The molecule has 74 valence electrons. The van der Waals surface area contributed by atoms with Crippen LogP contribution in [0.2, 0.25) is 0 Å². The third-order valence-corrected chi connectivity index (χ3v) is 4.28. The Morgan fingerprint density at radius 1 is 1.31 bits per heavy atom.